The van der Waals surface area contributed by atoms with Crippen LogP contribution in [0.5, 0.6) is 0 Å². The molecule has 2 saturated heterocycles. The van der Waals surface area contributed by atoms with Gasteiger partial charge in [-0.05, 0) is 0 Å². The van der Waals surface area contributed by atoms with E-state index in [-0.39, 0.29) is 25.6 Å². The lowest BCUT2D eigenvalue weighted by Gasteiger charge is -2.41. The highest BCUT2D eigenvalue weighted by Crippen LogP contribution is 2.35. The first-order valence-electron chi connectivity index (χ1n) is 4.50. The van der Waals surface area contributed by atoms with Gasteiger partial charge in [0.25, 0.3) is 5.91 Å². The Morgan fingerprint density at radius 1 is 1.57 bits per heavy atom. The molecule has 14 heavy (non-hydrogen) atoms. The monoisotopic (exact) mass is 205 g/mol. The van der Waals surface area contributed by atoms with Crippen molar-refractivity contribution in [3.63, 3.8) is 0 Å². The largest absolute Gasteiger partial charge is 0.359 e. The summed E-state index contributed by atoms with van der Waals surface area (Å²) in [4.78, 5) is 12.0. The van der Waals surface area contributed by atoms with Gasteiger partial charge in [0, 0.05) is 26.1 Å². The van der Waals surface area contributed by atoms with Gasteiger partial charge in [-0.15, -0.1) is 0 Å². The van der Waals surface area contributed by atoms with Gasteiger partial charge in [-0.25, -0.2) is 0 Å². The topological polar surface area (TPSA) is 41.6 Å². The second kappa shape index (κ2) is 3.43. The number of nitrogens with zero attached hydrogens (tertiary/aromatic N) is 1. The van der Waals surface area contributed by atoms with Crippen molar-refractivity contribution >= 4 is 5.91 Å². The van der Waals surface area contributed by atoms with Gasteiger partial charge in [-0.3, -0.25) is 9.69 Å². The van der Waals surface area contributed by atoms with E-state index >= 15 is 0 Å². The average Bonchev–Trinajstić information content (AvgIpc) is 2.18. The van der Waals surface area contributed by atoms with E-state index < -0.39 is 12.0 Å². The third kappa shape index (κ3) is 1.59. The molecule has 1 N–H and O–H groups in total. The predicted octanol–water partition coefficient (Wildman–Crippen LogP) is -0.0367. The lowest BCUT2D eigenvalue weighted by molar-refractivity contribution is -0.219. The zero-order valence-electron chi connectivity index (χ0n) is 7.56. The van der Waals surface area contributed by atoms with Crippen LogP contribution in [0.4, 0.5) is 8.78 Å². The molecule has 0 unspecified atom stereocenters. The number of amides is 1. The van der Waals surface area contributed by atoms with E-state index in [0.29, 0.717) is 18.1 Å². The number of morpholine rings is 1. The molecule has 2 aliphatic heterocycles. The highest BCUT2D eigenvalue weighted by molar-refractivity contribution is 5.89. The molecular weight excluding hydrogens is 194 g/mol. The zero-order chi connectivity index (χ0) is 10.2. The second-order valence-corrected chi connectivity index (χ2v) is 3.32. The molecule has 1 amide bonds. The van der Waals surface area contributed by atoms with Crippen molar-refractivity contribution in [3.8, 4) is 0 Å². The van der Waals surface area contributed by atoms with Crippen LogP contribution in [-0.2, 0) is 9.53 Å². The number of carbonyl (C=O) groups is 1. The first-order valence-corrected chi connectivity index (χ1v) is 4.50. The molecule has 2 aliphatic rings. The number of ether oxygens (including phenoxy) is 1. The number of rotatable bonds is 1. The van der Waals surface area contributed by atoms with E-state index in [2.05, 4.69) is 5.32 Å². The summed E-state index contributed by atoms with van der Waals surface area (Å²) in [7, 11) is 0. The third-order valence-electron chi connectivity index (χ3n) is 2.36. The smallest absolute Gasteiger partial charge is 0.329 e. The van der Waals surface area contributed by atoms with Crippen LogP contribution in [0.15, 0.2) is 0 Å². The van der Waals surface area contributed by atoms with Gasteiger partial charge in [0.1, 0.15) is 0 Å². The van der Waals surface area contributed by atoms with Crippen molar-refractivity contribution in [1.29, 1.82) is 0 Å². The predicted molar refractivity (Wildman–Crippen MR) is 43.3 cm³/mol. The molecule has 0 aromatic heterocycles. The maximum absolute atomic E-state index is 12.8. The molecule has 4 nitrogen and oxygen atoms in total. The van der Waals surface area contributed by atoms with Gasteiger partial charge in [-0.1, -0.05) is 0 Å². The Bertz CT molecular complexity index is 241. The van der Waals surface area contributed by atoms with E-state index in [4.69, 9.17) is 4.74 Å². The van der Waals surface area contributed by atoms with E-state index in [1.807, 2.05) is 0 Å². The number of likely N-dealkylation sites (tertiary alicyclic amines) is 1. The van der Waals surface area contributed by atoms with Gasteiger partial charge in [0.2, 0.25) is 0 Å². The Morgan fingerprint density at radius 2 is 2.36 bits per heavy atom. The summed E-state index contributed by atoms with van der Waals surface area (Å²) in [5.41, 5.74) is 0. The van der Waals surface area contributed by atoms with Crippen LogP contribution in [0.2, 0.25) is 0 Å². The van der Waals surface area contributed by atoms with Crippen LogP contribution in [0, 0.1) is 6.10 Å². The summed E-state index contributed by atoms with van der Waals surface area (Å²) in [6.07, 6.45) is -0.157. The number of carbonyl (C=O) groups excluding carboxylic acids is 1. The van der Waals surface area contributed by atoms with Crippen molar-refractivity contribution in [1.82, 2.24) is 10.2 Å². The minimum Gasteiger partial charge on any atom is -0.359 e. The zero-order valence-corrected chi connectivity index (χ0v) is 7.56. The fraction of sp³-hybridized carbons (Fsp3) is 0.750. The number of halogens is 2. The van der Waals surface area contributed by atoms with Crippen LogP contribution in [0.3, 0.4) is 0 Å². The van der Waals surface area contributed by atoms with Crippen molar-refractivity contribution in [2.24, 2.45) is 0 Å². The number of nitrogens with one attached hydrogen (secondary N) is 1. The molecule has 1 radical (unpaired) electrons. The molecule has 2 rings (SSSR count). The highest BCUT2D eigenvalue weighted by Gasteiger charge is 2.51. The molecule has 6 heteroatoms. The summed E-state index contributed by atoms with van der Waals surface area (Å²) >= 11 is 0. The summed E-state index contributed by atoms with van der Waals surface area (Å²) in [5.74, 6) is -0.687. The lowest BCUT2D eigenvalue weighted by atomic mass is 10.1. The van der Waals surface area contributed by atoms with Crippen molar-refractivity contribution < 1.29 is 18.3 Å². The number of hydrogen-bond donors (Lipinski definition) is 1. The highest BCUT2D eigenvalue weighted by atomic mass is 19.3. The van der Waals surface area contributed by atoms with Crippen molar-refractivity contribution in [2.75, 3.05) is 26.2 Å². The van der Waals surface area contributed by atoms with E-state index in [1.165, 1.54) is 0 Å². The van der Waals surface area contributed by atoms with Gasteiger partial charge in [0.15, 0.2) is 6.10 Å². The molecular formula is C8H11F2N2O2. The van der Waals surface area contributed by atoms with Crippen LogP contribution in [-0.4, -0.2) is 43.1 Å². The molecule has 0 aromatic rings. The van der Waals surface area contributed by atoms with E-state index in [0.717, 1.165) is 0 Å². The fourth-order valence-corrected chi connectivity index (χ4v) is 1.43. The standard InChI is InChI=1S/C8H11F2N2O2/c9-8(10)1-3-12(8)7(13)6-5-11-2-4-14-6/h11H,1-5H2. The minimum atomic E-state index is -2.98. The van der Waals surface area contributed by atoms with Crippen LogP contribution >= 0.6 is 0 Å². The van der Waals surface area contributed by atoms with Crippen LogP contribution in [0.25, 0.3) is 0 Å². The van der Waals surface area contributed by atoms with E-state index in [9.17, 15) is 13.6 Å². The number of alkyl halides is 2. The van der Waals surface area contributed by atoms with Crippen molar-refractivity contribution in [2.45, 2.75) is 12.5 Å². The van der Waals surface area contributed by atoms with Gasteiger partial charge in [0.05, 0.1) is 6.61 Å². The number of hydrogen-bond acceptors (Lipinski definition) is 3. The second-order valence-electron chi connectivity index (χ2n) is 3.32. The Balaban J connectivity index is 1.94. The molecule has 0 aliphatic carbocycles. The molecule has 0 aromatic carbocycles. The fourth-order valence-electron chi connectivity index (χ4n) is 1.43. The first kappa shape index (κ1) is 9.79. The molecule has 79 valence electrons. The normalized spacial score (nSPS) is 27.1. The van der Waals surface area contributed by atoms with Gasteiger partial charge in [-0.2, -0.15) is 8.78 Å². The van der Waals surface area contributed by atoms with Gasteiger partial charge < -0.3 is 10.1 Å². The molecule has 2 fully saturated rings. The molecule has 2 heterocycles. The first-order chi connectivity index (χ1) is 6.61. The summed E-state index contributed by atoms with van der Waals surface area (Å²) in [6.45, 7) is 1.36. The molecule has 0 atom stereocenters. The Hall–Kier alpha value is -0.750. The molecule has 0 saturated carbocycles. The third-order valence-corrected chi connectivity index (χ3v) is 2.36. The maximum Gasteiger partial charge on any atom is 0.329 e. The SMILES string of the molecule is O=C([C]1CNCCO1)N1CCC1(F)F. The Kier molecular flexibility index (Phi) is 2.40. The quantitative estimate of drug-likeness (QED) is 0.611. The Morgan fingerprint density at radius 3 is 2.79 bits per heavy atom. The average molecular weight is 205 g/mol. The lowest BCUT2D eigenvalue weighted by Crippen LogP contribution is -2.59. The summed E-state index contributed by atoms with van der Waals surface area (Å²) < 4.78 is 30.7. The van der Waals surface area contributed by atoms with E-state index in [1.54, 1.807) is 0 Å². The van der Waals surface area contributed by atoms with Crippen molar-refractivity contribution in [3.05, 3.63) is 6.10 Å². The maximum atomic E-state index is 12.8. The van der Waals surface area contributed by atoms with Crippen LogP contribution in [0.1, 0.15) is 6.42 Å². The summed E-state index contributed by atoms with van der Waals surface area (Å²) in [6, 6.07) is -2.98. The summed E-state index contributed by atoms with van der Waals surface area (Å²) in [5, 5.41) is 2.89. The minimum absolute atomic E-state index is 0.0932. The van der Waals surface area contributed by atoms with Gasteiger partial charge >= 0.3 is 6.05 Å². The Labute approximate surface area is 80.2 Å². The van der Waals surface area contributed by atoms with Crippen LogP contribution < -0.4 is 5.32 Å². The molecule has 0 bridgehead atoms. The molecule has 0 spiro atoms.